The van der Waals surface area contributed by atoms with Crippen LogP contribution in [0.1, 0.15) is 22.8 Å². The van der Waals surface area contributed by atoms with Gasteiger partial charge in [-0.15, -0.1) is 0 Å². The van der Waals surface area contributed by atoms with E-state index in [4.69, 9.17) is 0 Å². The van der Waals surface area contributed by atoms with E-state index in [0.29, 0.717) is 5.56 Å². The van der Waals surface area contributed by atoms with Gasteiger partial charge in [-0.2, -0.15) is 0 Å². The number of esters is 1. The molecular weight excluding hydrogens is 260 g/mol. The molecule has 3 nitrogen and oxygen atoms in total. The maximum absolute atomic E-state index is 11.5. The minimum absolute atomic E-state index is 0.363. The molecule has 1 aromatic carbocycles. The first kappa shape index (κ1) is 11.9. The zero-order chi connectivity index (χ0) is 11.4. The highest BCUT2D eigenvalue weighted by Gasteiger charge is 2.17. The molecule has 0 aromatic heterocycles. The van der Waals surface area contributed by atoms with E-state index in [1.165, 1.54) is 7.11 Å². The van der Waals surface area contributed by atoms with Gasteiger partial charge in [-0.25, -0.2) is 4.79 Å². The van der Waals surface area contributed by atoms with Crippen LogP contribution in [0.5, 0.6) is 0 Å². The van der Waals surface area contributed by atoms with E-state index >= 15 is 0 Å². The maximum Gasteiger partial charge on any atom is 0.379 e. The van der Waals surface area contributed by atoms with Gasteiger partial charge in [0.05, 0.1) is 7.11 Å². The Morgan fingerprint density at radius 3 is 2.60 bits per heavy atom. The standard InChI is InChI=1S/C11H11BrO3/c1-3-7-6-8(4-5-9(7)12)10(13)11(14)15-2/h4-6H,3H2,1-2H3. The number of aryl methyl sites for hydroxylation is 1. The highest BCUT2D eigenvalue weighted by molar-refractivity contribution is 9.10. The lowest BCUT2D eigenvalue weighted by Crippen LogP contribution is -2.15. The average molecular weight is 271 g/mol. The Morgan fingerprint density at radius 2 is 2.07 bits per heavy atom. The van der Waals surface area contributed by atoms with E-state index < -0.39 is 11.8 Å². The number of benzene rings is 1. The van der Waals surface area contributed by atoms with Crippen LogP contribution in [0.4, 0.5) is 0 Å². The summed E-state index contributed by atoms with van der Waals surface area (Å²) in [5, 5.41) is 0. The van der Waals surface area contributed by atoms with Crippen LogP contribution in [0, 0.1) is 0 Å². The molecule has 0 bridgehead atoms. The molecule has 15 heavy (non-hydrogen) atoms. The van der Waals surface area contributed by atoms with Gasteiger partial charge >= 0.3 is 5.97 Å². The van der Waals surface area contributed by atoms with E-state index in [-0.39, 0.29) is 0 Å². The first-order chi connectivity index (χ1) is 7.10. The highest BCUT2D eigenvalue weighted by atomic mass is 79.9. The molecule has 0 fully saturated rings. The van der Waals surface area contributed by atoms with Crippen molar-refractivity contribution in [1.82, 2.24) is 0 Å². The van der Waals surface area contributed by atoms with Crippen LogP contribution in [0.3, 0.4) is 0 Å². The molecule has 0 spiro atoms. The number of ether oxygens (including phenoxy) is 1. The van der Waals surface area contributed by atoms with Gasteiger partial charge in [0.15, 0.2) is 0 Å². The quantitative estimate of drug-likeness (QED) is 0.481. The lowest BCUT2D eigenvalue weighted by molar-refractivity contribution is -0.135. The average Bonchev–Trinajstić information content (AvgIpc) is 2.27. The molecule has 0 aliphatic rings. The second kappa shape index (κ2) is 5.07. The van der Waals surface area contributed by atoms with Gasteiger partial charge < -0.3 is 4.74 Å². The monoisotopic (exact) mass is 270 g/mol. The molecule has 1 aromatic rings. The SMILES string of the molecule is CCc1cc(C(=O)C(=O)OC)ccc1Br. The molecule has 0 aliphatic heterocycles. The summed E-state index contributed by atoms with van der Waals surface area (Å²) in [6, 6.07) is 5.06. The van der Waals surface area contributed by atoms with Crippen molar-refractivity contribution in [1.29, 1.82) is 0 Å². The molecule has 0 amide bonds. The number of ketones is 1. The van der Waals surface area contributed by atoms with Gasteiger partial charge in [-0.05, 0) is 30.2 Å². The molecule has 0 radical (unpaired) electrons. The lowest BCUT2D eigenvalue weighted by Gasteiger charge is -2.04. The lowest BCUT2D eigenvalue weighted by atomic mass is 10.1. The molecule has 0 unspecified atom stereocenters. The van der Waals surface area contributed by atoms with Crippen molar-refractivity contribution in [3.05, 3.63) is 33.8 Å². The molecule has 0 saturated carbocycles. The molecule has 0 heterocycles. The third kappa shape index (κ3) is 2.65. The second-order valence-corrected chi connectivity index (χ2v) is 3.83. The Labute approximate surface area is 96.6 Å². The smallest absolute Gasteiger partial charge is 0.379 e. The molecule has 4 heteroatoms. The van der Waals surface area contributed by atoms with Crippen molar-refractivity contribution in [2.75, 3.05) is 7.11 Å². The molecule has 0 saturated heterocycles. The summed E-state index contributed by atoms with van der Waals surface area (Å²) in [5.74, 6) is -1.45. The maximum atomic E-state index is 11.5. The Hall–Kier alpha value is -1.16. The minimum atomic E-state index is -0.834. The van der Waals surface area contributed by atoms with Crippen LogP contribution < -0.4 is 0 Å². The van der Waals surface area contributed by atoms with Crippen LogP contribution in [0.15, 0.2) is 22.7 Å². The van der Waals surface area contributed by atoms with E-state index in [0.717, 1.165) is 16.5 Å². The Morgan fingerprint density at radius 1 is 1.40 bits per heavy atom. The number of rotatable bonds is 3. The van der Waals surface area contributed by atoms with E-state index in [2.05, 4.69) is 20.7 Å². The zero-order valence-electron chi connectivity index (χ0n) is 8.54. The molecule has 1 rings (SSSR count). The summed E-state index contributed by atoms with van der Waals surface area (Å²) in [5.41, 5.74) is 1.35. The first-order valence-electron chi connectivity index (χ1n) is 4.51. The van der Waals surface area contributed by atoms with Crippen LogP contribution >= 0.6 is 15.9 Å². The van der Waals surface area contributed by atoms with Gasteiger partial charge in [0, 0.05) is 10.0 Å². The number of halogens is 1. The number of Topliss-reactive ketones (excluding diaryl/α,β-unsaturated/α-hetero) is 1. The fourth-order valence-corrected chi connectivity index (χ4v) is 1.72. The van der Waals surface area contributed by atoms with Gasteiger partial charge in [0.2, 0.25) is 0 Å². The third-order valence-electron chi connectivity index (χ3n) is 2.06. The number of hydrogen-bond acceptors (Lipinski definition) is 3. The molecule has 0 aliphatic carbocycles. The Bertz CT molecular complexity index is 399. The summed E-state index contributed by atoms with van der Waals surface area (Å²) < 4.78 is 5.31. The number of hydrogen-bond donors (Lipinski definition) is 0. The first-order valence-corrected chi connectivity index (χ1v) is 5.30. The van der Waals surface area contributed by atoms with Crippen molar-refractivity contribution < 1.29 is 14.3 Å². The van der Waals surface area contributed by atoms with Crippen LogP contribution in [-0.4, -0.2) is 18.9 Å². The Balaban J connectivity index is 3.06. The number of carbonyl (C=O) groups excluding carboxylic acids is 2. The van der Waals surface area contributed by atoms with Crippen molar-refractivity contribution in [3.63, 3.8) is 0 Å². The summed E-state index contributed by atoms with van der Waals surface area (Å²) in [6.45, 7) is 1.98. The topological polar surface area (TPSA) is 43.4 Å². The predicted molar refractivity (Wildman–Crippen MR) is 59.9 cm³/mol. The van der Waals surface area contributed by atoms with Gasteiger partial charge in [0.25, 0.3) is 5.78 Å². The molecular formula is C11H11BrO3. The summed E-state index contributed by atoms with van der Waals surface area (Å²) in [6.07, 6.45) is 0.795. The van der Waals surface area contributed by atoms with Gasteiger partial charge in [-0.3, -0.25) is 4.79 Å². The molecule has 0 atom stereocenters. The van der Waals surface area contributed by atoms with Crippen molar-refractivity contribution in [3.8, 4) is 0 Å². The van der Waals surface area contributed by atoms with Crippen molar-refractivity contribution in [2.24, 2.45) is 0 Å². The Kier molecular flexibility index (Phi) is 4.03. The minimum Gasteiger partial charge on any atom is -0.463 e. The van der Waals surface area contributed by atoms with Crippen molar-refractivity contribution >= 4 is 27.7 Å². The molecule has 80 valence electrons. The normalized spacial score (nSPS) is 9.80. The van der Waals surface area contributed by atoms with E-state index in [1.54, 1.807) is 18.2 Å². The summed E-state index contributed by atoms with van der Waals surface area (Å²) in [4.78, 5) is 22.5. The zero-order valence-corrected chi connectivity index (χ0v) is 10.1. The van der Waals surface area contributed by atoms with E-state index in [1.807, 2.05) is 6.92 Å². The fraction of sp³-hybridized carbons (Fsp3) is 0.273. The second-order valence-electron chi connectivity index (χ2n) is 2.98. The summed E-state index contributed by atoms with van der Waals surface area (Å²) in [7, 11) is 1.19. The predicted octanol–water partition coefficient (Wildman–Crippen LogP) is 2.37. The number of carbonyl (C=O) groups is 2. The van der Waals surface area contributed by atoms with Crippen molar-refractivity contribution in [2.45, 2.75) is 13.3 Å². The van der Waals surface area contributed by atoms with Gasteiger partial charge in [0.1, 0.15) is 0 Å². The van der Waals surface area contributed by atoms with Crippen LogP contribution in [0.25, 0.3) is 0 Å². The highest BCUT2D eigenvalue weighted by Crippen LogP contribution is 2.19. The van der Waals surface area contributed by atoms with Crippen LogP contribution in [-0.2, 0) is 16.0 Å². The van der Waals surface area contributed by atoms with E-state index in [9.17, 15) is 9.59 Å². The van der Waals surface area contributed by atoms with Crippen LogP contribution in [0.2, 0.25) is 0 Å². The molecule has 0 N–H and O–H groups in total. The number of methoxy groups -OCH3 is 1. The van der Waals surface area contributed by atoms with Gasteiger partial charge in [-0.1, -0.05) is 22.9 Å². The largest absolute Gasteiger partial charge is 0.463 e. The fourth-order valence-electron chi connectivity index (χ4n) is 1.20. The third-order valence-corrected chi connectivity index (χ3v) is 2.83. The summed E-state index contributed by atoms with van der Waals surface area (Å²) >= 11 is 3.37.